The van der Waals surface area contributed by atoms with Gasteiger partial charge in [0.1, 0.15) is 5.82 Å². The summed E-state index contributed by atoms with van der Waals surface area (Å²) in [5, 5.41) is 10.4. The molecule has 1 heterocycles. The summed E-state index contributed by atoms with van der Waals surface area (Å²) in [5.41, 5.74) is 1.92. The van der Waals surface area contributed by atoms with E-state index in [4.69, 9.17) is 0 Å². The van der Waals surface area contributed by atoms with E-state index in [1.807, 2.05) is 24.5 Å². The Morgan fingerprint density at radius 1 is 1.15 bits per heavy atom. The first-order chi connectivity index (χ1) is 12.9. The van der Waals surface area contributed by atoms with Crippen LogP contribution < -0.4 is 0 Å². The molecule has 1 atom stereocenters. The second kappa shape index (κ2) is 7.94. The third-order valence-corrected chi connectivity index (χ3v) is 5.23. The molecule has 0 aliphatic carbocycles. The van der Waals surface area contributed by atoms with Gasteiger partial charge in [0.05, 0.1) is 5.56 Å². The molecule has 0 amide bonds. The van der Waals surface area contributed by atoms with Gasteiger partial charge in [0, 0.05) is 35.4 Å². The number of nitrogens with one attached hydrogen (secondary N) is 1. The van der Waals surface area contributed by atoms with E-state index >= 15 is 0 Å². The number of aromatic amines is 1. The lowest BCUT2D eigenvalue weighted by Gasteiger charge is -2.18. The lowest BCUT2D eigenvalue weighted by atomic mass is 9.87. The highest BCUT2D eigenvalue weighted by Crippen LogP contribution is 2.38. The van der Waals surface area contributed by atoms with Gasteiger partial charge in [0.2, 0.25) is 0 Å². The Balaban J connectivity index is 2.09. The molecular formula is C20H19F4NOS. The second-order valence-corrected chi connectivity index (χ2v) is 7.18. The molecule has 1 unspecified atom stereocenters. The normalized spacial score (nSPS) is 13.3. The van der Waals surface area contributed by atoms with Crippen molar-refractivity contribution < 1.29 is 22.7 Å². The number of thioether (sulfide) groups is 1. The van der Waals surface area contributed by atoms with Crippen molar-refractivity contribution >= 4 is 22.7 Å². The Kier molecular flexibility index (Phi) is 5.81. The van der Waals surface area contributed by atoms with Gasteiger partial charge in [0.15, 0.2) is 0 Å². The molecule has 3 aromatic rings. The van der Waals surface area contributed by atoms with Crippen molar-refractivity contribution in [2.45, 2.75) is 24.3 Å². The first kappa shape index (κ1) is 19.8. The average molecular weight is 397 g/mol. The molecule has 0 radical (unpaired) electrons. The van der Waals surface area contributed by atoms with Gasteiger partial charge in [0.25, 0.3) is 0 Å². The van der Waals surface area contributed by atoms with Crippen molar-refractivity contribution in [3.63, 3.8) is 0 Å². The van der Waals surface area contributed by atoms with E-state index in [0.717, 1.165) is 33.8 Å². The van der Waals surface area contributed by atoms with E-state index in [-0.39, 0.29) is 18.6 Å². The van der Waals surface area contributed by atoms with Gasteiger partial charge in [-0.3, -0.25) is 0 Å². The standard InChI is InChI=1S/C20H19F4NOS/c1-27-11-12-3-2-4-16-17(10-25-19(12)16)14(7-8-26)15-6-5-13(9-18(15)21)20(22,23)24/h2-6,9-10,14,25-26H,7-8,11H2,1H3. The van der Waals surface area contributed by atoms with Crippen LogP contribution in [0.15, 0.2) is 42.6 Å². The fourth-order valence-electron chi connectivity index (χ4n) is 3.40. The number of hydrogen-bond acceptors (Lipinski definition) is 2. The van der Waals surface area contributed by atoms with Gasteiger partial charge in [-0.2, -0.15) is 24.9 Å². The van der Waals surface area contributed by atoms with Crippen molar-refractivity contribution in [1.82, 2.24) is 4.98 Å². The third-order valence-electron chi connectivity index (χ3n) is 4.63. The van der Waals surface area contributed by atoms with Crippen LogP contribution in [0.2, 0.25) is 0 Å². The van der Waals surface area contributed by atoms with Crippen molar-refractivity contribution in [1.29, 1.82) is 0 Å². The largest absolute Gasteiger partial charge is 0.416 e. The molecule has 3 rings (SSSR count). The van der Waals surface area contributed by atoms with E-state index in [9.17, 15) is 22.7 Å². The Hall–Kier alpha value is -1.99. The van der Waals surface area contributed by atoms with Gasteiger partial charge in [-0.25, -0.2) is 4.39 Å². The second-order valence-electron chi connectivity index (χ2n) is 6.32. The molecule has 0 fully saturated rings. The highest BCUT2D eigenvalue weighted by molar-refractivity contribution is 7.97. The molecule has 2 aromatic carbocycles. The number of halogens is 4. The minimum absolute atomic E-state index is 0.146. The lowest BCUT2D eigenvalue weighted by Crippen LogP contribution is -2.10. The monoisotopic (exact) mass is 397 g/mol. The fourth-order valence-corrected chi connectivity index (χ4v) is 3.95. The quantitative estimate of drug-likeness (QED) is 0.523. The lowest BCUT2D eigenvalue weighted by molar-refractivity contribution is -0.137. The Bertz CT molecular complexity index is 935. The van der Waals surface area contributed by atoms with Crippen LogP contribution in [0, 0.1) is 5.82 Å². The number of alkyl halides is 3. The Morgan fingerprint density at radius 3 is 2.56 bits per heavy atom. The summed E-state index contributed by atoms with van der Waals surface area (Å²) in [7, 11) is 0. The summed E-state index contributed by atoms with van der Waals surface area (Å²) < 4.78 is 53.1. The molecule has 7 heteroatoms. The number of fused-ring (bicyclic) bond motifs is 1. The van der Waals surface area contributed by atoms with Crippen molar-refractivity contribution in [2.24, 2.45) is 0 Å². The maximum Gasteiger partial charge on any atom is 0.416 e. The van der Waals surface area contributed by atoms with Crippen LogP contribution in [-0.2, 0) is 11.9 Å². The molecule has 0 bridgehead atoms. The molecule has 144 valence electrons. The van der Waals surface area contributed by atoms with Crippen LogP contribution in [-0.4, -0.2) is 23.0 Å². The van der Waals surface area contributed by atoms with Crippen LogP contribution in [0.3, 0.4) is 0 Å². The van der Waals surface area contributed by atoms with Gasteiger partial charge in [-0.05, 0) is 41.5 Å². The number of rotatable bonds is 6. The maximum atomic E-state index is 14.6. The van der Waals surface area contributed by atoms with Gasteiger partial charge < -0.3 is 10.1 Å². The van der Waals surface area contributed by atoms with Crippen LogP contribution in [0.5, 0.6) is 0 Å². The molecule has 27 heavy (non-hydrogen) atoms. The van der Waals surface area contributed by atoms with Gasteiger partial charge in [-0.15, -0.1) is 0 Å². The smallest absolute Gasteiger partial charge is 0.396 e. The molecule has 0 saturated heterocycles. The summed E-state index contributed by atoms with van der Waals surface area (Å²) in [6, 6.07) is 8.38. The molecule has 1 aromatic heterocycles. The van der Waals surface area contributed by atoms with Crippen molar-refractivity contribution in [3.8, 4) is 0 Å². The summed E-state index contributed by atoms with van der Waals surface area (Å²) in [4.78, 5) is 3.21. The zero-order valence-electron chi connectivity index (χ0n) is 14.6. The van der Waals surface area contributed by atoms with Crippen LogP contribution in [0.4, 0.5) is 17.6 Å². The molecule has 0 spiro atoms. The Labute approximate surface area is 158 Å². The van der Waals surface area contributed by atoms with E-state index in [2.05, 4.69) is 4.98 Å². The zero-order valence-corrected chi connectivity index (χ0v) is 15.4. The summed E-state index contributed by atoms with van der Waals surface area (Å²) in [6.45, 7) is -0.206. The minimum atomic E-state index is -4.60. The number of benzene rings is 2. The molecule has 2 N–H and O–H groups in total. The predicted octanol–water partition coefficient (Wildman–Crippen LogP) is 5.70. The molecule has 0 aliphatic heterocycles. The van der Waals surface area contributed by atoms with Crippen molar-refractivity contribution in [2.75, 3.05) is 12.9 Å². The summed E-state index contributed by atoms with van der Waals surface area (Å²) >= 11 is 1.67. The van der Waals surface area contributed by atoms with Gasteiger partial charge >= 0.3 is 6.18 Å². The third kappa shape index (κ3) is 3.99. The predicted molar refractivity (Wildman–Crippen MR) is 100 cm³/mol. The molecule has 0 aliphatic rings. The fraction of sp³-hybridized carbons (Fsp3) is 0.300. The number of hydrogen-bond donors (Lipinski definition) is 2. The number of para-hydroxylation sites is 1. The minimum Gasteiger partial charge on any atom is -0.396 e. The first-order valence-corrected chi connectivity index (χ1v) is 9.81. The first-order valence-electron chi connectivity index (χ1n) is 8.42. The molecule has 2 nitrogen and oxygen atoms in total. The summed E-state index contributed by atoms with van der Waals surface area (Å²) in [5.74, 6) is -0.662. The highest BCUT2D eigenvalue weighted by atomic mass is 32.2. The SMILES string of the molecule is CSCc1cccc2c(C(CCO)c3ccc(C(F)(F)F)cc3F)c[nH]c12. The molecular weight excluding hydrogens is 378 g/mol. The van der Waals surface area contributed by atoms with E-state index in [1.54, 1.807) is 18.0 Å². The topological polar surface area (TPSA) is 36.0 Å². The van der Waals surface area contributed by atoms with E-state index in [1.165, 1.54) is 6.07 Å². The van der Waals surface area contributed by atoms with Gasteiger partial charge in [-0.1, -0.05) is 24.3 Å². The zero-order chi connectivity index (χ0) is 19.6. The number of aromatic nitrogens is 1. The number of aliphatic hydroxyl groups is 1. The van der Waals surface area contributed by atoms with Crippen LogP contribution in [0.1, 0.15) is 34.6 Å². The maximum absolute atomic E-state index is 14.6. The van der Waals surface area contributed by atoms with E-state index < -0.39 is 23.5 Å². The highest BCUT2D eigenvalue weighted by Gasteiger charge is 2.32. The van der Waals surface area contributed by atoms with Crippen LogP contribution >= 0.6 is 11.8 Å². The number of H-pyrrole nitrogens is 1. The number of aliphatic hydroxyl groups excluding tert-OH is 1. The van der Waals surface area contributed by atoms with E-state index in [0.29, 0.717) is 6.07 Å². The molecule has 0 saturated carbocycles. The van der Waals surface area contributed by atoms with Crippen molar-refractivity contribution in [3.05, 3.63) is 70.7 Å². The average Bonchev–Trinajstić information content (AvgIpc) is 3.04. The summed E-state index contributed by atoms with van der Waals surface area (Å²) in [6.07, 6.45) is -0.637. The van der Waals surface area contributed by atoms with Crippen LogP contribution in [0.25, 0.3) is 10.9 Å². The Morgan fingerprint density at radius 2 is 1.93 bits per heavy atom.